The maximum Gasteiger partial charge on any atom is 0.239 e. The molecule has 0 atom stereocenters. The molecule has 1 amide bonds. The van der Waals surface area contributed by atoms with Crippen LogP contribution in [0.5, 0.6) is 5.75 Å². The van der Waals surface area contributed by atoms with Crippen LogP contribution < -0.4 is 15.4 Å². The Hall–Kier alpha value is -1.32. The summed E-state index contributed by atoms with van der Waals surface area (Å²) >= 11 is 19.8. The number of methoxy groups -OCH3 is 1. The van der Waals surface area contributed by atoms with Crippen LogP contribution in [0.3, 0.4) is 0 Å². The molecule has 0 saturated heterocycles. The van der Waals surface area contributed by atoms with E-state index in [9.17, 15) is 13.2 Å². The molecule has 0 bridgehead atoms. The third-order valence-electron chi connectivity index (χ3n) is 3.93. The average Bonchev–Trinajstić information content (AvgIpc) is 2.66. The highest BCUT2D eigenvalue weighted by Crippen LogP contribution is 2.36. The van der Waals surface area contributed by atoms with Crippen molar-refractivity contribution < 1.29 is 17.9 Å². The predicted molar refractivity (Wildman–Crippen MR) is 125 cm³/mol. The van der Waals surface area contributed by atoms with Gasteiger partial charge in [0.1, 0.15) is 15.7 Å². The summed E-state index contributed by atoms with van der Waals surface area (Å²) in [5.74, 6) is 1.36. The van der Waals surface area contributed by atoms with Crippen molar-refractivity contribution in [2.75, 3.05) is 37.5 Å². The van der Waals surface area contributed by atoms with E-state index in [4.69, 9.17) is 39.5 Å². The van der Waals surface area contributed by atoms with Gasteiger partial charge in [0.2, 0.25) is 5.91 Å². The van der Waals surface area contributed by atoms with Crippen LogP contribution in [0, 0.1) is 0 Å². The first-order valence-corrected chi connectivity index (χ1v) is 12.9. The fraction of sp³-hybridized carbons (Fsp3) is 0.316. The van der Waals surface area contributed by atoms with Gasteiger partial charge in [0.05, 0.1) is 19.3 Å². The van der Waals surface area contributed by atoms with Crippen molar-refractivity contribution in [3.63, 3.8) is 0 Å². The quantitative estimate of drug-likeness (QED) is 0.456. The molecule has 2 rings (SSSR count). The summed E-state index contributed by atoms with van der Waals surface area (Å²) in [7, 11) is -2.23. The second kappa shape index (κ2) is 11.3. The lowest BCUT2D eigenvalue weighted by Crippen LogP contribution is -2.31. The zero-order valence-corrected chi connectivity index (χ0v) is 20.2. The molecule has 0 saturated carbocycles. The summed E-state index contributed by atoms with van der Waals surface area (Å²) in [6, 6.07) is 8.41. The Kier molecular flexibility index (Phi) is 9.43. The van der Waals surface area contributed by atoms with Crippen molar-refractivity contribution in [2.45, 2.75) is 10.6 Å². The van der Waals surface area contributed by atoms with Crippen LogP contribution in [-0.4, -0.2) is 46.5 Å². The first-order chi connectivity index (χ1) is 14.1. The fourth-order valence-corrected chi connectivity index (χ4v) is 5.56. The van der Waals surface area contributed by atoms with Crippen molar-refractivity contribution >= 4 is 68.0 Å². The largest absolute Gasteiger partial charge is 0.495 e. The number of amides is 1. The van der Waals surface area contributed by atoms with Crippen LogP contribution in [0.15, 0.2) is 35.2 Å². The van der Waals surface area contributed by atoms with Crippen molar-refractivity contribution in [3.8, 4) is 5.75 Å². The zero-order valence-electron chi connectivity index (χ0n) is 16.3. The second-order valence-electron chi connectivity index (χ2n) is 6.22. The van der Waals surface area contributed by atoms with E-state index < -0.39 is 9.84 Å². The molecular formula is C19H21Cl3N2O4S2. The molecule has 2 N–H and O–H groups in total. The Morgan fingerprint density at radius 2 is 1.90 bits per heavy atom. The summed E-state index contributed by atoms with van der Waals surface area (Å²) in [4.78, 5) is 12.0. The number of anilines is 1. The minimum Gasteiger partial charge on any atom is -0.495 e. The highest BCUT2D eigenvalue weighted by Gasteiger charge is 2.21. The number of thioether (sulfide) groups is 1. The van der Waals surface area contributed by atoms with Gasteiger partial charge in [-0.3, -0.25) is 4.79 Å². The number of rotatable bonds is 10. The number of carbonyl (C=O) groups is 1. The van der Waals surface area contributed by atoms with Crippen LogP contribution in [0.1, 0.15) is 5.56 Å². The van der Waals surface area contributed by atoms with Gasteiger partial charge in [-0.2, -0.15) is 11.8 Å². The van der Waals surface area contributed by atoms with Gasteiger partial charge >= 0.3 is 0 Å². The van der Waals surface area contributed by atoms with Gasteiger partial charge in [0.15, 0.2) is 9.84 Å². The Labute approximate surface area is 195 Å². The van der Waals surface area contributed by atoms with Crippen LogP contribution in [0.25, 0.3) is 0 Å². The van der Waals surface area contributed by atoms with E-state index in [0.29, 0.717) is 28.1 Å². The lowest BCUT2D eigenvalue weighted by molar-refractivity contribution is -0.119. The highest BCUT2D eigenvalue weighted by molar-refractivity contribution is 7.98. The summed E-state index contributed by atoms with van der Waals surface area (Å²) in [6.45, 7) is 0.359. The van der Waals surface area contributed by atoms with E-state index in [1.54, 1.807) is 23.9 Å². The minimum absolute atomic E-state index is 0.0253. The molecule has 11 heteroatoms. The highest BCUT2D eigenvalue weighted by atomic mass is 35.5. The van der Waals surface area contributed by atoms with Gasteiger partial charge in [-0.15, -0.1) is 0 Å². The number of sulfone groups is 1. The average molecular weight is 512 g/mol. The van der Waals surface area contributed by atoms with Crippen molar-refractivity contribution in [3.05, 3.63) is 51.0 Å². The molecule has 0 heterocycles. The Morgan fingerprint density at radius 1 is 1.17 bits per heavy atom. The summed E-state index contributed by atoms with van der Waals surface area (Å²) < 4.78 is 29.2. The number of halogens is 3. The monoisotopic (exact) mass is 510 g/mol. The summed E-state index contributed by atoms with van der Waals surface area (Å²) in [5.41, 5.74) is 1.22. The SMILES string of the molecule is COc1ccc(NCC(=O)NCCSCc2ccc(Cl)cc2Cl)c(S(C)(=O)=O)c1Cl. The number of hydrogen-bond donors (Lipinski definition) is 2. The van der Waals surface area contributed by atoms with Crippen LogP contribution in [0.2, 0.25) is 15.1 Å². The molecule has 2 aromatic carbocycles. The van der Waals surface area contributed by atoms with E-state index in [2.05, 4.69) is 10.6 Å². The van der Waals surface area contributed by atoms with Crippen molar-refractivity contribution in [1.82, 2.24) is 5.32 Å². The fourth-order valence-electron chi connectivity index (χ4n) is 2.52. The van der Waals surface area contributed by atoms with E-state index in [0.717, 1.165) is 11.8 Å². The molecule has 2 aromatic rings. The number of nitrogens with one attached hydrogen (secondary N) is 2. The molecule has 0 spiro atoms. The maximum atomic E-state index is 12.1. The van der Waals surface area contributed by atoms with Crippen LogP contribution in [0.4, 0.5) is 5.69 Å². The number of carbonyl (C=O) groups excluding carboxylic acids is 1. The standard InChI is InChI=1S/C19H21Cl3N2O4S2/c1-28-16-6-5-15(19(18(16)22)30(2,26)27)24-10-17(25)23-7-8-29-11-12-3-4-13(20)9-14(12)21/h3-6,9,24H,7-8,10-11H2,1-2H3,(H,23,25). The van der Waals surface area contributed by atoms with Gasteiger partial charge < -0.3 is 15.4 Å². The molecule has 0 fully saturated rings. The maximum absolute atomic E-state index is 12.1. The predicted octanol–water partition coefficient (Wildman–Crippen LogP) is 4.52. The molecule has 0 aliphatic rings. The number of hydrogen-bond acceptors (Lipinski definition) is 6. The third-order valence-corrected chi connectivity index (χ3v) is 7.18. The van der Waals surface area contributed by atoms with Crippen LogP contribution in [-0.2, 0) is 20.4 Å². The molecule has 0 radical (unpaired) electrons. The van der Waals surface area contributed by atoms with Crippen molar-refractivity contribution in [2.24, 2.45) is 0 Å². The van der Waals surface area contributed by atoms with E-state index in [-0.39, 0.29) is 33.8 Å². The Morgan fingerprint density at radius 3 is 2.53 bits per heavy atom. The van der Waals surface area contributed by atoms with Gasteiger partial charge in [0, 0.05) is 34.4 Å². The normalized spacial score (nSPS) is 11.2. The molecule has 0 aromatic heterocycles. The molecule has 0 unspecified atom stereocenters. The first kappa shape index (κ1) is 24.9. The molecular weight excluding hydrogens is 491 g/mol. The van der Waals surface area contributed by atoms with Gasteiger partial charge in [-0.25, -0.2) is 8.42 Å². The topological polar surface area (TPSA) is 84.5 Å². The summed E-state index contributed by atoms with van der Waals surface area (Å²) in [5, 5.41) is 6.78. The summed E-state index contributed by atoms with van der Waals surface area (Å²) in [6.07, 6.45) is 1.04. The van der Waals surface area contributed by atoms with E-state index in [1.165, 1.54) is 19.2 Å². The Balaban J connectivity index is 1.83. The van der Waals surface area contributed by atoms with Gasteiger partial charge in [-0.05, 0) is 29.8 Å². The zero-order chi connectivity index (χ0) is 22.3. The first-order valence-electron chi connectivity index (χ1n) is 8.72. The molecule has 0 aliphatic carbocycles. The third kappa shape index (κ3) is 7.13. The van der Waals surface area contributed by atoms with E-state index in [1.807, 2.05) is 6.07 Å². The van der Waals surface area contributed by atoms with Crippen molar-refractivity contribution in [1.29, 1.82) is 0 Å². The number of ether oxygens (including phenoxy) is 1. The Bertz CT molecular complexity index is 1020. The molecule has 6 nitrogen and oxygen atoms in total. The molecule has 0 aliphatic heterocycles. The van der Waals surface area contributed by atoms with E-state index >= 15 is 0 Å². The van der Waals surface area contributed by atoms with Crippen LogP contribution >= 0.6 is 46.6 Å². The van der Waals surface area contributed by atoms with Gasteiger partial charge in [-0.1, -0.05) is 40.9 Å². The smallest absolute Gasteiger partial charge is 0.239 e. The number of benzene rings is 2. The van der Waals surface area contributed by atoms with Gasteiger partial charge in [0.25, 0.3) is 0 Å². The molecule has 30 heavy (non-hydrogen) atoms. The minimum atomic E-state index is -3.63. The second-order valence-corrected chi connectivity index (χ2v) is 10.5. The lowest BCUT2D eigenvalue weighted by atomic mass is 10.2. The lowest BCUT2D eigenvalue weighted by Gasteiger charge is -2.14. The molecule has 164 valence electrons.